The summed E-state index contributed by atoms with van der Waals surface area (Å²) in [6.07, 6.45) is 1.06. The number of hydrogen-bond donors (Lipinski definition) is 0. The van der Waals surface area contributed by atoms with Crippen LogP contribution in [0.5, 0.6) is 0 Å². The molecule has 0 saturated heterocycles. The Morgan fingerprint density at radius 1 is 1.12 bits per heavy atom. The molecule has 0 N–H and O–H groups in total. The lowest BCUT2D eigenvalue weighted by Gasteiger charge is -2.22. The Labute approximate surface area is 102 Å². The Morgan fingerprint density at radius 3 is 2.65 bits per heavy atom. The first kappa shape index (κ1) is 10.5. The molecule has 0 aliphatic carbocycles. The summed E-state index contributed by atoms with van der Waals surface area (Å²) in [4.78, 5) is 7.14. The predicted molar refractivity (Wildman–Crippen MR) is 68.7 cm³/mol. The highest BCUT2D eigenvalue weighted by Gasteiger charge is 2.20. The van der Waals surface area contributed by atoms with Crippen LogP contribution < -0.4 is 0 Å². The van der Waals surface area contributed by atoms with E-state index >= 15 is 0 Å². The van der Waals surface area contributed by atoms with Gasteiger partial charge < -0.3 is 9.47 Å². The monoisotopic (exact) mass is 227 g/mol. The molecular weight excluding hydrogens is 210 g/mol. The largest absolute Gasteiger partial charge is 0.330 e. The summed E-state index contributed by atoms with van der Waals surface area (Å²) in [6.45, 7) is 2.11. The van der Waals surface area contributed by atoms with Crippen LogP contribution in [0.2, 0.25) is 0 Å². The van der Waals surface area contributed by atoms with Gasteiger partial charge in [0.1, 0.15) is 5.82 Å². The second-order valence-electron chi connectivity index (χ2n) is 4.74. The maximum atomic E-state index is 4.79. The van der Waals surface area contributed by atoms with Gasteiger partial charge in [-0.05, 0) is 7.05 Å². The molecule has 1 aliphatic rings. The molecule has 0 amide bonds. The fraction of sp³-hybridized carbons (Fsp3) is 0.357. The molecule has 2 heterocycles. The highest BCUT2D eigenvalue weighted by Crippen LogP contribution is 2.24. The SMILES string of the molecule is CN1CCc2nc(-c3ccccc3)n(C)c2C1. The molecule has 3 rings (SSSR count). The van der Waals surface area contributed by atoms with Gasteiger partial charge in [0, 0.05) is 32.1 Å². The standard InChI is InChI=1S/C14H17N3/c1-16-9-8-12-13(10-16)17(2)14(15-12)11-6-4-3-5-7-11/h3-7H,8-10H2,1-2H3. The number of likely N-dealkylation sites (N-methyl/N-ethyl adjacent to an activating group) is 1. The molecule has 2 aromatic rings. The summed E-state index contributed by atoms with van der Waals surface area (Å²) in [5.41, 5.74) is 3.83. The Hall–Kier alpha value is -1.61. The van der Waals surface area contributed by atoms with Gasteiger partial charge in [0.15, 0.2) is 0 Å². The number of rotatable bonds is 1. The first-order valence-electron chi connectivity index (χ1n) is 6.04. The third-order valence-electron chi connectivity index (χ3n) is 3.48. The van der Waals surface area contributed by atoms with Crippen LogP contribution in [-0.4, -0.2) is 28.0 Å². The number of benzene rings is 1. The molecular formula is C14H17N3. The molecule has 1 aromatic heterocycles. The lowest BCUT2D eigenvalue weighted by molar-refractivity contribution is 0.303. The molecule has 0 radical (unpaired) electrons. The van der Waals surface area contributed by atoms with Crippen molar-refractivity contribution in [1.82, 2.24) is 14.5 Å². The van der Waals surface area contributed by atoms with E-state index in [0.717, 1.165) is 25.3 Å². The highest BCUT2D eigenvalue weighted by atomic mass is 15.2. The van der Waals surface area contributed by atoms with Crippen molar-refractivity contribution in [2.45, 2.75) is 13.0 Å². The fourth-order valence-corrected chi connectivity index (χ4v) is 2.46. The second-order valence-corrected chi connectivity index (χ2v) is 4.74. The summed E-state index contributed by atoms with van der Waals surface area (Å²) >= 11 is 0. The average molecular weight is 227 g/mol. The van der Waals surface area contributed by atoms with Crippen LogP contribution in [0.4, 0.5) is 0 Å². The van der Waals surface area contributed by atoms with Crippen molar-refractivity contribution in [2.24, 2.45) is 7.05 Å². The van der Waals surface area contributed by atoms with E-state index in [0.29, 0.717) is 0 Å². The Morgan fingerprint density at radius 2 is 1.88 bits per heavy atom. The van der Waals surface area contributed by atoms with Crippen LogP contribution >= 0.6 is 0 Å². The van der Waals surface area contributed by atoms with E-state index in [1.165, 1.54) is 17.0 Å². The molecule has 3 heteroatoms. The molecule has 17 heavy (non-hydrogen) atoms. The maximum absolute atomic E-state index is 4.79. The lowest BCUT2D eigenvalue weighted by atomic mass is 10.1. The van der Waals surface area contributed by atoms with Crippen LogP contribution in [0.1, 0.15) is 11.4 Å². The second kappa shape index (κ2) is 4.00. The van der Waals surface area contributed by atoms with Crippen molar-refractivity contribution < 1.29 is 0 Å². The molecule has 0 atom stereocenters. The first-order chi connectivity index (χ1) is 8.25. The highest BCUT2D eigenvalue weighted by molar-refractivity contribution is 5.56. The van der Waals surface area contributed by atoms with Gasteiger partial charge in [0.25, 0.3) is 0 Å². The minimum Gasteiger partial charge on any atom is -0.330 e. The quantitative estimate of drug-likeness (QED) is 0.743. The fourth-order valence-electron chi connectivity index (χ4n) is 2.46. The van der Waals surface area contributed by atoms with Gasteiger partial charge in [-0.25, -0.2) is 4.98 Å². The zero-order valence-electron chi connectivity index (χ0n) is 10.3. The third kappa shape index (κ3) is 1.76. The van der Waals surface area contributed by atoms with E-state index in [9.17, 15) is 0 Å². The zero-order valence-corrected chi connectivity index (χ0v) is 10.3. The molecule has 0 bridgehead atoms. The van der Waals surface area contributed by atoms with Gasteiger partial charge in [-0.1, -0.05) is 30.3 Å². The van der Waals surface area contributed by atoms with Gasteiger partial charge in [-0.15, -0.1) is 0 Å². The number of nitrogens with zero attached hydrogens (tertiary/aromatic N) is 3. The summed E-state index contributed by atoms with van der Waals surface area (Å²) in [5.74, 6) is 1.09. The normalized spacial score (nSPS) is 15.9. The Kier molecular flexibility index (Phi) is 2.48. The smallest absolute Gasteiger partial charge is 0.140 e. The van der Waals surface area contributed by atoms with Crippen LogP contribution in [0, 0.1) is 0 Å². The molecule has 1 aromatic carbocycles. The van der Waals surface area contributed by atoms with Crippen molar-refractivity contribution in [2.75, 3.05) is 13.6 Å². The topological polar surface area (TPSA) is 21.1 Å². The molecule has 0 fully saturated rings. The number of aromatic nitrogens is 2. The Bertz CT molecular complexity index is 528. The zero-order chi connectivity index (χ0) is 11.8. The van der Waals surface area contributed by atoms with Gasteiger partial charge in [-0.3, -0.25) is 0 Å². The van der Waals surface area contributed by atoms with Gasteiger partial charge in [-0.2, -0.15) is 0 Å². The van der Waals surface area contributed by atoms with Crippen LogP contribution in [0.3, 0.4) is 0 Å². The minimum atomic E-state index is 1.01. The lowest BCUT2D eigenvalue weighted by Crippen LogP contribution is -2.27. The first-order valence-corrected chi connectivity index (χ1v) is 6.04. The van der Waals surface area contributed by atoms with E-state index < -0.39 is 0 Å². The molecule has 0 saturated carbocycles. The van der Waals surface area contributed by atoms with E-state index in [4.69, 9.17) is 4.98 Å². The van der Waals surface area contributed by atoms with Crippen LogP contribution in [0.25, 0.3) is 11.4 Å². The van der Waals surface area contributed by atoms with Gasteiger partial charge >= 0.3 is 0 Å². The maximum Gasteiger partial charge on any atom is 0.140 e. The van der Waals surface area contributed by atoms with E-state index in [1.807, 2.05) is 6.07 Å². The average Bonchev–Trinajstić information content (AvgIpc) is 2.68. The number of hydrogen-bond acceptors (Lipinski definition) is 2. The van der Waals surface area contributed by atoms with Crippen molar-refractivity contribution in [3.05, 3.63) is 41.7 Å². The third-order valence-corrected chi connectivity index (χ3v) is 3.48. The van der Waals surface area contributed by atoms with Crippen LogP contribution in [-0.2, 0) is 20.0 Å². The van der Waals surface area contributed by atoms with Gasteiger partial charge in [0.05, 0.1) is 11.4 Å². The molecule has 0 unspecified atom stereocenters. The van der Waals surface area contributed by atoms with E-state index in [2.05, 4.69) is 47.8 Å². The molecule has 88 valence electrons. The summed E-state index contributed by atoms with van der Waals surface area (Å²) < 4.78 is 2.24. The van der Waals surface area contributed by atoms with Crippen molar-refractivity contribution in [3.8, 4) is 11.4 Å². The van der Waals surface area contributed by atoms with E-state index in [1.54, 1.807) is 0 Å². The minimum absolute atomic E-state index is 1.01. The molecule has 1 aliphatic heterocycles. The van der Waals surface area contributed by atoms with Crippen molar-refractivity contribution >= 4 is 0 Å². The van der Waals surface area contributed by atoms with Crippen molar-refractivity contribution in [3.63, 3.8) is 0 Å². The summed E-state index contributed by atoms with van der Waals surface area (Å²) in [7, 11) is 4.28. The summed E-state index contributed by atoms with van der Waals surface area (Å²) in [6, 6.07) is 10.4. The predicted octanol–water partition coefficient (Wildman–Crippen LogP) is 2.07. The Balaban J connectivity index is 2.08. The van der Waals surface area contributed by atoms with Crippen LogP contribution in [0.15, 0.2) is 30.3 Å². The molecule has 0 spiro atoms. The van der Waals surface area contributed by atoms with E-state index in [-0.39, 0.29) is 0 Å². The van der Waals surface area contributed by atoms with Gasteiger partial charge in [0.2, 0.25) is 0 Å². The number of imidazole rings is 1. The van der Waals surface area contributed by atoms with Crippen molar-refractivity contribution in [1.29, 1.82) is 0 Å². The number of fused-ring (bicyclic) bond motifs is 1. The molecule has 3 nitrogen and oxygen atoms in total. The summed E-state index contributed by atoms with van der Waals surface area (Å²) in [5, 5.41) is 0.